The van der Waals surface area contributed by atoms with Gasteiger partial charge in [-0.3, -0.25) is 9.59 Å². The first-order valence-corrected chi connectivity index (χ1v) is 11.9. The monoisotopic (exact) mass is 466 g/mol. The number of ketones is 2. The van der Waals surface area contributed by atoms with Crippen molar-refractivity contribution in [2.24, 2.45) is 23.7 Å². The molecule has 6 heteroatoms. The van der Waals surface area contributed by atoms with Gasteiger partial charge in [0.05, 0.1) is 5.60 Å². The van der Waals surface area contributed by atoms with Crippen molar-refractivity contribution in [3.63, 3.8) is 0 Å². The van der Waals surface area contributed by atoms with Gasteiger partial charge in [-0.2, -0.15) is 0 Å². The van der Waals surface area contributed by atoms with Gasteiger partial charge in [0.1, 0.15) is 11.6 Å². The third-order valence-corrected chi connectivity index (χ3v) is 7.37. The molecule has 0 aliphatic heterocycles. The molecule has 5 nitrogen and oxygen atoms in total. The van der Waals surface area contributed by atoms with Gasteiger partial charge in [-0.05, 0) is 63.7 Å². The van der Waals surface area contributed by atoms with Crippen LogP contribution >= 0.6 is 0 Å². The van der Waals surface area contributed by atoms with Gasteiger partial charge >= 0.3 is 51.4 Å². The molecule has 0 radical (unpaired) electrons. The maximum atomic E-state index is 12.6. The van der Waals surface area contributed by atoms with Crippen molar-refractivity contribution in [3.05, 3.63) is 0 Å². The molecule has 5 atom stereocenters. The molecule has 2 bridgehead atoms. The molecule has 0 heterocycles. The Morgan fingerprint density at radius 1 is 0.935 bits per heavy atom. The topological polar surface area (TPSA) is 105 Å². The largest absolute Gasteiger partial charge is 1.00 e. The fourth-order valence-electron chi connectivity index (χ4n) is 6.19. The molecule has 0 spiro atoms. The summed E-state index contributed by atoms with van der Waals surface area (Å²) in [6.07, 6.45) is 15.1. The molecule has 3 N–H and O–H groups in total. The summed E-state index contributed by atoms with van der Waals surface area (Å²) < 4.78 is 0. The summed E-state index contributed by atoms with van der Waals surface area (Å²) in [7, 11) is 0. The number of carbonyl (C=O) groups is 2. The van der Waals surface area contributed by atoms with E-state index in [-0.39, 0.29) is 82.7 Å². The second-order valence-electron chi connectivity index (χ2n) is 9.20. The molecule has 0 aromatic rings. The SMILES string of the molecule is C.CCCC1C2CCCC(C2=O)C2(O)CCCCC12.CCO.O=C1CCCCC1.[K+].[OH-]. The van der Waals surface area contributed by atoms with E-state index >= 15 is 0 Å². The van der Waals surface area contributed by atoms with Gasteiger partial charge in [0.2, 0.25) is 0 Å². The average Bonchev–Trinajstić information content (AvgIpc) is 2.68. The summed E-state index contributed by atoms with van der Waals surface area (Å²) in [6, 6.07) is 0. The maximum absolute atomic E-state index is 12.6. The first-order valence-electron chi connectivity index (χ1n) is 11.9. The number of hydrogen-bond donors (Lipinski definition) is 2. The molecule has 4 aliphatic carbocycles. The molecule has 4 rings (SSSR count). The number of fused-ring (bicyclic) bond motifs is 4. The number of Topliss-reactive ketones (excluding diaryl/α,β-unsaturated/α-hetero) is 2. The minimum absolute atomic E-state index is 0. The Kier molecular flexibility index (Phi) is 19.0. The zero-order valence-electron chi connectivity index (χ0n) is 19.6. The first-order chi connectivity index (χ1) is 13.5. The van der Waals surface area contributed by atoms with Crippen LogP contribution < -0.4 is 51.4 Å². The van der Waals surface area contributed by atoms with Gasteiger partial charge in [0.25, 0.3) is 0 Å². The van der Waals surface area contributed by atoms with Gasteiger partial charge < -0.3 is 15.7 Å². The number of carbonyl (C=O) groups excluding carboxylic acids is 2. The van der Waals surface area contributed by atoms with Crippen LogP contribution in [0.25, 0.3) is 0 Å². The molecule has 4 saturated carbocycles. The standard InChI is InChI=1S/C16H26O2.C6H10O.C2H6O.CH4.K.H2O/c1-2-6-11-12-7-5-9-14(15(12)17)16(18)10-4-3-8-13(11)16;7-6-4-2-1-3-5-6;1-2-3;;;/h11-14,18H,2-10H2,1H3;1-5H2;3H,2H2,1H3;1H4;;1H2/q;;;;+1;/p-1. The fraction of sp³-hybridized carbons (Fsp3) is 0.920. The minimum atomic E-state index is -0.633. The molecule has 4 fully saturated rings. The van der Waals surface area contributed by atoms with Crippen molar-refractivity contribution in [2.75, 3.05) is 6.61 Å². The molecule has 0 aromatic heterocycles. The molecule has 31 heavy (non-hydrogen) atoms. The Hall–Kier alpha value is 0.856. The van der Waals surface area contributed by atoms with Gasteiger partial charge in [-0.15, -0.1) is 0 Å². The summed E-state index contributed by atoms with van der Waals surface area (Å²) in [6.45, 7) is 4.14. The summed E-state index contributed by atoms with van der Waals surface area (Å²) in [5.41, 5.74) is -0.633. The van der Waals surface area contributed by atoms with E-state index in [2.05, 4.69) is 6.92 Å². The van der Waals surface area contributed by atoms with Crippen molar-refractivity contribution < 1.29 is 76.7 Å². The second kappa shape index (κ2) is 17.3. The predicted octanol–water partition coefficient (Wildman–Crippen LogP) is 2.30. The molecule has 0 amide bonds. The van der Waals surface area contributed by atoms with E-state index < -0.39 is 5.60 Å². The van der Waals surface area contributed by atoms with E-state index in [1.54, 1.807) is 6.92 Å². The van der Waals surface area contributed by atoms with Crippen LogP contribution in [0.5, 0.6) is 0 Å². The van der Waals surface area contributed by atoms with E-state index in [4.69, 9.17) is 5.11 Å². The number of hydrogen-bond acceptors (Lipinski definition) is 5. The van der Waals surface area contributed by atoms with Crippen molar-refractivity contribution >= 4 is 11.6 Å². The number of aliphatic hydroxyl groups is 2. The fourth-order valence-corrected chi connectivity index (χ4v) is 6.19. The van der Waals surface area contributed by atoms with Crippen molar-refractivity contribution in [3.8, 4) is 0 Å². The van der Waals surface area contributed by atoms with E-state index in [0.29, 0.717) is 23.4 Å². The zero-order valence-corrected chi connectivity index (χ0v) is 22.7. The minimum Gasteiger partial charge on any atom is -0.870 e. The Morgan fingerprint density at radius 3 is 2.06 bits per heavy atom. The third kappa shape index (κ3) is 8.86. The quantitative estimate of drug-likeness (QED) is 0.608. The van der Waals surface area contributed by atoms with Crippen molar-refractivity contribution in [2.45, 2.75) is 117 Å². The molecule has 0 aromatic carbocycles. The Morgan fingerprint density at radius 2 is 1.55 bits per heavy atom. The van der Waals surface area contributed by atoms with E-state index in [1.807, 2.05) is 0 Å². The van der Waals surface area contributed by atoms with Crippen molar-refractivity contribution in [1.29, 1.82) is 0 Å². The Bertz CT molecular complexity index is 504. The summed E-state index contributed by atoms with van der Waals surface area (Å²) in [5.74, 6) is 2.04. The van der Waals surface area contributed by atoms with Crippen LogP contribution in [0.15, 0.2) is 0 Å². The average molecular weight is 467 g/mol. The van der Waals surface area contributed by atoms with Crippen LogP contribution in [0.1, 0.15) is 111 Å². The van der Waals surface area contributed by atoms with Crippen LogP contribution in [-0.2, 0) is 9.59 Å². The molecule has 5 unspecified atom stereocenters. The number of aliphatic hydroxyl groups excluding tert-OH is 1. The van der Waals surface area contributed by atoms with Gasteiger partial charge in [0.15, 0.2) is 0 Å². The smallest absolute Gasteiger partial charge is 0.870 e. The summed E-state index contributed by atoms with van der Waals surface area (Å²) >= 11 is 0. The van der Waals surface area contributed by atoms with E-state index in [9.17, 15) is 14.7 Å². The van der Waals surface area contributed by atoms with E-state index in [1.165, 1.54) is 12.8 Å². The third-order valence-electron chi connectivity index (χ3n) is 7.37. The predicted molar refractivity (Wildman–Crippen MR) is 121 cm³/mol. The van der Waals surface area contributed by atoms with Gasteiger partial charge in [-0.25, -0.2) is 0 Å². The van der Waals surface area contributed by atoms with Gasteiger partial charge in [-0.1, -0.05) is 46.5 Å². The van der Waals surface area contributed by atoms with Crippen LogP contribution in [0.3, 0.4) is 0 Å². The second-order valence-corrected chi connectivity index (χ2v) is 9.20. The molecule has 4 aliphatic rings. The summed E-state index contributed by atoms with van der Waals surface area (Å²) in [5, 5.41) is 18.7. The molecular weight excluding hydrogens is 419 g/mol. The van der Waals surface area contributed by atoms with Crippen LogP contribution in [0, 0.1) is 23.7 Å². The first kappa shape index (κ1) is 34.0. The van der Waals surface area contributed by atoms with Gasteiger partial charge in [0, 0.05) is 31.3 Å². The van der Waals surface area contributed by atoms with Crippen LogP contribution in [0.4, 0.5) is 0 Å². The number of rotatable bonds is 2. The van der Waals surface area contributed by atoms with E-state index in [0.717, 1.165) is 77.0 Å². The summed E-state index contributed by atoms with van der Waals surface area (Å²) in [4.78, 5) is 23.1. The van der Waals surface area contributed by atoms with Crippen LogP contribution in [-0.4, -0.2) is 39.5 Å². The molecule has 178 valence electrons. The zero-order chi connectivity index (χ0) is 20.6. The Balaban J connectivity index is 0. The Labute approximate surface area is 233 Å². The normalized spacial score (nSPS) is 33.4. The maximum Gasteiger partial charge on any atom is 1.00 e. The molecular formula is C25H47KO5. The molecule has 0 saturated heterocycles. The van der Waals surface area contributed by atoms with Crippen molar-refractivity contribution in [1.82, 2.24) is 0 Å². The van der Waals surface area contributed by atoms with Crippen LogP contribution in [0.2, 0.25) is 0 Å².